The zero-order valence-electron chi connectivity index (χ0n) is 11.8. The zero-order valence-corrected chi connectivity index (χ0v) is 12.6. The molecule has 0 spiro atoms. The van der Waals surface area contributed by atoms with Crippen molar-refractivity contribution in [3.63, 3.8) is 0 Å². The van der Waals surface area contributed by atoms with Crippen LogP contribution in [0.15, 0.2) is 42.5 Å². The number of rotatable bonds is 3. The van der Waals surface area contributed by atoms with Gasteiger partial charge in [0.25, 0.3) is 0 Å². The van der Waals surface area contributed by atoms with Gasteiger partial charge in [-0.3, -0.25) is 0 Å². The predicted octanol–water partition coefficient (Wildman–Crippen LogP) is 5.18. The number of halogens is 1. The molecular formula is C18H20ClN. The summed E-state index contributed by atoms with van der Waals surface area (Å²) in [5.41, 5.74) is 5.26. The average Bonchev–Trinajstić information content (AvgIpc) is 2.46. The molecule has 0 radical (unpaired) electrons. The van der Waals surface area contributed by atoms with Gasteiger partial charge in [-0.1, -0.05) is 41.9 Å². The molecule has 0 heterocycles. The summed E-state index contributed by atoms with van der Waals surface area (Å²) in [6, 6.07) is 15.0. The molecule has 0 saturated heterocycles. The van der Waals surface area contributed by atoms with Gasteiger partial charge in [-0.25, -0.2) is 0 Å². The lowest BCUT2D eigenvalue weighted by Crippen LogP contribution is -2.18. The minimum atomic E-state index is 0.595. The lowest BCUT2D eigenvalue weighted by molar-refractivity contribution is 0.572. The van der Waals surface area contributed by atoms with Gasteiger partial charge in [0.05, 0.1) is 10.7 Å². The van der Waals surface area contributed by atoms with Crippen molar-refractivity contribution in [2.24, 2.45) is 0 Å². The smallest absolute Gasteiger partial charge is 0.0640 e. The molecule has 0 bridgehead atoms. The molecule has 1 nitrogen and oxygen atoms in total. The molecule has 104 valence electrons. The zero-order chi connectivity index (χ0) is 13.9. The van der Waals surface area contributed by atoms with Crippen molar-refractivity contribution in [3.8, 4) is 0 Å². The van der Waals surface area contributed by atoms with Crippen LogP contribution in [0.25, 0.3) is 0 Å². The summed E-state index contributed by atoms with van der Waals surface area (Å²) >= 11 is 6.28. The Hall–Kier alpha value is -1.47. The van der Waals surface area contributed by atoms with Gasteiger partial charge in [-0.05, 0) is 55.0 Å². The van der Waals surface area contributed by atoms with Crippen molar-refractivity contribution in [2.45, 2.75) is 32.1 Å². The molecule has 1 aliphatic rings. The van der Waals surface area contributed by atoms with Crippen molar-refractivity contribution in [3.05, 3.63) is 64.2 Å². The van der Waals surface area contributed by atoms with Crippen LogP contribution in [0.1, 0.15) is 35.4 Å². The number of hydrogen-bond donors (Lipinski definition) is 1. The number of benzene rings is 2. The summed E-state index contributed by atoms with van der Waals surface area (Å²) in [7, 11) is 0. The second-order valence-electron chi connectivity index (χ2n) is 5.65. The SMILES string of the molecule is Cc1ccc(NCC2CCCc3ccccc32)c(Cl)c1. The van der Waals surface area contributed by atoms with E-state index in [0.29, 0.717) is 5.92 Å². The first-order valence-electron chi connectivity index (χ1n) is 7.32. The van der Waals surface area contributed by atoms with E-state index < -0.39 is 0 Å². The van der Waals surface area contributed by atoms with Crippen LogP contribution in [0.2, 0.25) is 5.02 Å². The van der Waals surface area contributed by atoms with E-state index in [4.69, 9.17) is 11.6 Å². The Morgan fingerprint density at radius 1 is 1.20 bits per heavy atom. The van der Waals surface area contributed by atoms with E-state index in [1.54, 1.807) is 0 Å². The highest BCUT2D eigenvalue weighted by atomic mass is 35.5. The number of nitrogens with one attached hydrogen (secondary N) is 1. The van der Waals surface area contributed by atoms with E-state index in [0.717, 1.165) is 17.3 Å². The number of aryl methyl sites for hydroxylation is 2. The average molecular weight is 286 g/mol. The van der Waals surface area contributed by atoms with Crippen molar-refractivity contribution in [1.82, 2.24) is 0 Å². The van der Waals surface area contributed by atoms with Crippen LogP contribution in [0, 0.1) is 6.92 Å². The lowest BCUT2D eigenvalue weighted by atomic mass is 9.83. The second-order valence-corrected chi connectivity index (χ2v) is 6.06. The lowest BCUT2D eigenvalue weighted by Gasteiger charge is -2.26. The van der Waals surface area contributed by atoms with Gasteiger partial charge in [-0.15, -0.1) is 0 Å². The molecule has 0 aliphatic heterocycles. The molecule has 0 aromatic heterocycles. The van der Waals surface area contributed by atoms with Crippen molar-refractivity contribution < 1.29 is 0 Å². The fourth-order valence-electron chi connectivity index (χ4n) is 3.06. The molecule has 0 amide bonds. The van der Waals surface area contributed by atoms with Crippen LogP contribution in [0.3, 0.4) is 0 Å². The van der Waals surface area contributed by atoms with Crippen molar-refractivity contribution in [1.29, 1.82) is 0 Å². The number of fused-ring (bicyclic) bond motifs is 1. The molecule has 1 N–H and O–H groups in total. The van der Waals surface area contributed by atoms with E-state index >= 15 is 0 Å². The Kier molecular flexibility index (Phi) is 3.98. The fraction of sp³-hybridized carbons (Fsp3) is 0.333. The summed E-state index contributed by atoms with van der Waals surface area (Å²) in [5.74, 6) is 0.595. The third kappa shape index (κ3) is 2.83. The van der Waals surface area contributed by atoms with E-state index in [-0.39, 0.29) is 0 Å². The monoisotopic (exact) mass is 285 g/mol. The van der Waals surface area contributed by atoms with Crippen LogP contribution in [-0.2, 0) is 6.42 Å². The van der Waals surface area contributed by atoms with E-state index in [9.17, 15) is 0 Å². The third-order valence-electron chi connectivity index (χ3n) is 4.16. The predicted molar refractivity (Wildman–Crippen MR) is 86.8 cm³/mol. The molecule has 20 heavy (non-hydrogen) atoms. The van der Waals surface area contributed by atoms with Crippen LogP contribution < -0.4 is 5.32 Å². The molecule has 2 heteroatoms. The normalized spacial score (nSPS) is 17.6. The highest BCUT2D eigenvalue weighted by Crippen LogP contribution is 2.32. The molecule has 1 aliphatic carbocycles. The van der Waals surface area contributed by atoms with Gasteiger partial charge in [0.1, 0.15) is 0 Å². The van der Waals surface area contributed by atoms with Crippen LogP contribution >= 0.6 is 11.6 Å². The van der Waals surface area contributed by atoms with E-state index in [1.807, 2.05) is 6.07 Å². The van der Waals surface area contributed by atoms with Crippen molar-refractivity contribution >= 4 is 17.3 Å². The highest BCUT2D eigenvalue weighted by molar-refractivity contribution is 6.33. The standard InChI is InChI=1S/C18H20ClN/c1-13-9-10-18(17(19)11-13)20-12-15-7-4-6-14-5-2-3-8-16(14)15/h2-3,5,8-11,15,20H,4,6-7,12H2,1H3. The minimum absolute atomic E-state index is 0.595. The third-order valence-corrected chi connectivity index (χ3v) is 4.47. The summed E-state index contributed by atoms with van der Waals surface area (Å²) in [6.45, 7) is 3.02. The number of anilines is 1. The van der Waals surface area contributed by atoms with Crippen LogP contribution in [-0.4, -0.2) is 6.54 Å². The Bertz CT molecular complexity index is 606. The van der Waals surface area contributed by atoms with Gasteiger partial charge in [-0.2, -0.15) is 0 Å². The first-order valence-corrected chi connectivity index (χ1v) is 7.69. The van der Waals surface area contributed by atoms with Crippen LogP contribution in [0.4, 0.5) is 5.69 Å². The summed E-state index contributed by atoms with van der Waals surface area (Å²) in [6.07, 6.45) is 3.76. The maximum atomic E-state index is 6.28. The molecule has 2 aromatic carbocycles. The molecular weight excluding hydrogens is 266 g/mol. The Balaban J connectivity index is 1.73. The largest absolute Gasteiger partial charge is 0.383 e. The van der Waals surface area contributed by atoms with Crippen LogP contribution in [0.5, 0.6) is 0 Å². The van der Waals surface area contributed by atoms with E-state index in [1.165, 1.54) is 36.0 Å². The fourth-order valence-corrected chi connectivity index (χ4v) is 3.37. The Labute approximate surface area is 126 Å². The maximum Gasteiger partial charge on any atom is 0.0640 e. The van der Waals surface area contributed by atoms with Gasteiger partial charge in [0.15, 0.2) is 0 Å². The quantitative estimate of drug-likeness (QED) is 0.819. The Morgan fingerprint density at radius 3 is 2.90 bits per heavy atom. The molecule has 0 saturated carbocycles. The molecule has 0 fully saturated rings. The van der Waals surface area contributed by atoms with Gasteiger partial charge in [0, 0.05) is 12.5 Å². The molecule has 2 aromatic rings. The molecule has 1 unspecified atom stereocenters. The number of hydrogen-bond acceptors (Lipinski definition) is 1. The topological polar surface area (TPSA) is 12.0 Å². The first-order chi connectivity index (χ1) is 9.74. The maximum absolute atomic E-state index is 6.28. The summed E-state index contributed by atoms with van der Waals surface area (Å²) in [4.78, 5) is 0. The summed E-state index contributed by atoms with van der Waals surface area (Å²) < 4.78 is 0. The molecule has 1 atom stereocenters. The molecule has 3 rings (SSSR count). The van der Waals surface area contributed by atoms with Gasteiger partial charge >= 0.3 is 0 Å². The highest BCUT2D eigenvalue weighted by Gasteiger charge is 2.19. The van der Waals surface area contributed by atoms with Gasteiger partial charge in [0.2, 0.25) is 0 Å². The van der Waals surface area contributed by atoms with Gasteiger partial charge < -0.3 is 5.32 Å². The second kappa shape index (κ2) is 5.88. The van der Waals surface area contributed by atoms with E-state index in [2.05, 4.69) is 48.6 Å². The summed E-state index contributed by atoms with van der Waals surface area (Å²) in [5, 5.41) is 4.33. The Morgan fingerprint density at radius 2 is 2.05 bits per heavy atom. The first kappa shape index (κ1) is 13.5. The minimum Gasteiger partial charge on any atom is -0.383 e. The van der Waals surface area contributed by atoms with Crippen molar-refractivity contribution in [2.75, 3.05) is 11.9 Å².